The van der Waals surface area contributed by atoms with Gasteiger partial charge < -0.3 is 15.2 Å². The molecule has 2 heterocycles. The summed E-state index contributed by atoms with van der Waals surface area (Å²) in [6.07, 6.45) is -0.0798. The van der Waals surface area contributed by atoms with Gasteiger partial charge in [-0.2, -0.15) is 23.7 Å². The van der Waals surface area contributed by atoms with Gasteiger partial charge in [-0.05, 0) is 48.9 Å². The lowest BCUT2D eigenvalue weighted by molar-refractivity contribution is -0.139. The standard InChI is InChI=1S/C27H23F3N4O3S/c1-36-26(35)23-21(14-38-25-16(12-31)11-15-7-3-2-4-10-20(15)34-25)37-24(33)18(13-32)22(23)17-8-5-6-9-19(17)27(28,29)30/h5-6,8-9,11,22H,2-4,7,10,14,33H2,1H3. The number of carbonyl (C=O) groups is 1. The van der Waals surface area contributed by atoms with Gasteiger partial charge in [0.25, 0.3) is 0 Å². The SMILES string of the molecule is COC(=O)C1=C(CSc2nc3c(cc2C#N)CCCCC3)OC(N)=C(C#N)C1c1ccccc1C(F)(F)F. The number of alkyl halides is 3. The van der Waals surface area contributed by atoms with E-state index in [1.54, 1.807) is 6.07 Å². The Bertz CT molecular complexity index is 1420. The topological polar surface area (TPSA) is 122 Å². The van der Waals surface area contributed by atoms with Crippen molar-refractivity contribution in [3.63, 3.8) is 0 Å². The monoisotopic (exact) mass is 540 g/mol. The third kappa shape index (κ3) is 5.34. The van der Waals surface area contributed by atoms with Crippen LogP contribution in [0.4, 0.5) is 13.2 Å². The molecule has 2 aromatic rings. The van der Waals surface area contributed by atoms with Crippen molar-refractivity contribution >= 4 is 17.7 Å². The fraction of sp³-hybridized carbons (Fsp3) is 0.333. The van der Waals surface area contributed by atoms with Crippen LogP contribution in [-0.4, -0.2) is 23.8 Å². The Morgan fingerprint density at radius 1 is 1.21 bits per heavy atom. The average molecular weight is 541 g/mol. The number of halogens is 3. The predicted molar refractivity (Wildman–Crippen MR) is 132 cm³/mol. The minimum absolute atomic E-state index is 0.0686. The lowest BCUT2D eigenvalue weighted by atomic mass is 9.81. The second-order valence-electron chi connectivity index (χ2n) is 8.75. The van der Waals surface area contributed by atoms with Gasteiger partial charge in [0, 0.05) is 5.69 Å². The quantitative estimate of drug-likeness (QED) is 0.309. The maximum absolute atomic E-state index is 13.9. The van der Waals surface area contributed by atoms with Crippen LogP contribution >= 0.6 is 11.8 Å². The fourth-order valence-corrected chi connectivity index (χ4v) is 5.61. The first-order valence-electron chi connectivity index (χ1n) is 11.8. The highest BCUT2D eigenvalue weighted by Gasteiger charge is 2.42. The Morgan fingerprint density at radius 2 is 1.95 bits per heavy atom. The number of aromatic nitrogens is 1. The molecule has 1 aliphatic carbocycles. The summed E-state index contributed by atoms with van der Waals surface area (Å²) in [5, 5.41) is 19.9. The lowest BCUT2D eigenvalue weighted by Crippen LogP contribution is -2.28. The third-order valence-corrected chi connectivity index (χ3v) is 7.45. The molecule has 0 radical (unpaired) electrons. The second-order valence-corrected chi connectivity index (χ2v) is 9.71. The summed E-state index contributed by atoms with van der Waals surface area (Å²) in [6, 6.07) is 10.4. The van der Waals surface area contributed by atoms with E-state index in [1.165, 1.54) is 18.2 Å². The molecule has 38 heavy (non-hydrogen) atoms. The number of esters is 1. The zero-order valence-electron chi connectivity index (χ0n) is 20.4. The van der Waals surface area contributed by atoms with Gasteiger partial charge in [-0.1, -0.05) is 36.4 Å². The first kappa shape index (κ1) is 27.1. The summed E-state index contributed by atoms with van der Waals surface area (Å²) in [5.41, 5.74) is 6.33. The number of fused-ring (bicyclic) bond motifs is 1. The Kier molecular flexibility index (Phi) is 7.98. The molecule has 1 aromatic heterocycles. The predicted octanol–water partition coefficient (Wildman–Crippen LogP) is 5.27. The number of pyridine rings is 1. The Labute approximate surface area is 221 Å². The third-order valence-electron chi connectivity index (χ3n) is 6.46. The maximum Gasteiger partial charge on any atom is 0.416 e. The van der Waals surface area contributed by atoms with Crippen molar-refractivity contribution in [2.75, 3.05) is 12.9 Å². The number of rotatable bonds is 5. The van der Waals surface area contributed by atoms with Gasteiger partial charge in [0.15, 0.2) is 0 Å². The number of nitrogens with two attached hydrogens (primary N) is 1. The molecule has 1 aromatic carbocycles. The Balaban J connectivity index is 1.81. The molecule has 2 N–H and O–H groups in total. The first-order chi connectivity index (χ1) is 18.2. The van der Waals surface area contributed by atoms with E-state index >= 15 is 0 Å². The van der Waals surface area contributed by atoms with Crippen LogP contribution in [0.15, 0.2) is 58.1 Å². The number of aryl methyl sites for hydroxylation is 2. The van der Waals surface area contributed by atoms with E-state index in [1.807, 2.05) is 6.07 Å². The molecule has 0 amide bonds. The van der Waals surface area contributed by atoms with E-state index in [4.69, 9.17) is 20.2 Å². The van der Waals surface area contributed by atoms with Crippen molar-refractivity contribution in [1.82, 2.24) is 4.98 Å². The van der Waals surface area contributed by atoms with Crippen LogP contribution in [0.5, 0.6) is 0 Å². The Hall–Kier alpha value is -3.96. The molecule has 2 aliphatic rings. The molecule has 0 saturated heterocycles. The van der Waals surface area contributed by atoms with Gasteiger partial charge in [-0.25, -0.2) is 9.78 Å². The van der Waals surface area contributed by atoms with Crippen LogP contribution in [0.3, 0.4) is 0 Å². The van der Waals surface area contributed by atoms with Crippen LogP contribution in [0.1, 0.15) is 53.1 Å². The van der Waals surface area contributed by atoms with Crippen molar-refractivity contribution in [1.29, 1.82) is 10.5 Å². The number of nitrogens with zero attached hydrogens (tertiary/aromatic N) is 3. The summed E-state index contributed by atoms with van der Waals surface area (Å²) in [5.74, 6) is -2.99. The maximum atomic E-state index is 13.9. The van der Waals surface area contributed by atoms with Crippen molar-refractivity contribution in [2.24, 2.45) is 5.73 Å². The van der Waals surface area contributed by atoms with Gasteiger partial charge in [-0.3, -0.25) is 0 Å². The molecular weight excluding hydrogens is 517 g/mol. The molecule has 0 spiro atoms. The summed E-state index contributed by atoms with van der Waals surface area (Å²) in [7, 11) is 1.09. The molecule has 4 rings (SSSR count). The summed E-state index contributed by atoms with van der Waals surface area (Å²) >= 11 is 1.10. The van der Waals surface area contributed by atoms with Gasteiger partial charge in [0.05, 0.1) is 35.5 Å². The number of nitriles is 2. The summed E-state index contributed by atoms with van der Waals surface area (Å²) in [4.78, 5) is 17.7. The second kappa shape index (κ2) is 11.2. The molecule has 1 atom stereocenters. The fourth-order valence-electron chi connectivity index (χ4n) is 4.69. The first-order valence-corrected chi connectivity index (χ1v) is 12.8. The van der Waals surface area contributed by atoms with E-state index in [9.17, 15) is 28.5 Å². The van der Waals surface area contributed by atoms with Crippen molar-refractivity contribution in [2.45, 2.75) is 49.2 Å². The number of allylic oxidation sites excluding steroid dienone is 1. The molecule has 0 fully saturated rings. The van der Waals surface area contributed by atoms with Crippen LogP contribution in [0.25, 0.3) is 0 Å². The van der Waals surface area contributed by atoms with E-state index < -0.39 is 29.5 Å². The number of methoxy groups -OCH3 is 1. The normalized spacial score (nSPS) is 17.6. The molecular formula is C27H23F3N4O3S. The highest BCUT2D eigenvalue weighted by Crippen LogP contribution is 2.45. The lowest BCUT2D eigenvalue weighted by Gasteiger charge is -2.29. The number of carbonyl (C=O) groups excluding carboxylic acids is 1. The van der Waals surface area contributed by atoms with Crippen molar-refractivity contribution in [3.05, 3.63) is 81.1 Å². The van der Waals surface area contributed by atoms with Gasteiger partial charge in [0.1, 0.15) is 28.5 Å². The van der Waals surface area contributed by atoms with E-state index in [0.717, 1.165) is 68.3 Å². The van der Waals surface area contributed by atoms with Crippen LogP contribution in [0.2, 0.25) is 0 Å². The Morgan fingerprint density at radius 3 is 2.63 bits per heavy atom. The summed E-state index contributed by atoms with van der Waals surface area (Å²) in [6.45, 7) is 0. The van der Waals surface area contributed by atoms with E-state index in [-0.39, 0.29) is 28.2 Å². The molecule has 0 saturated carbocycles. The van der Waals surface area contributed by atoms with Gasteiger partial charge in [-0.15, -0.1) is 0 Å². The molecule has 1 aliphatic heterocycles. The minimum Gasteiger partial charge on any atom is -0.466 e. The van der Waals surface area contributed by atoms with Crippen LogP contribution < -0.4 is 5.73 Å². The number of thioether (sulfide) groups is 1. The van der Waals surface area contributed by atoms with E-state index in [0.29, 0.717) is 10.6 Å². The van der Waals surface area contributed by atoms with Crippen molar-refractivity contribution < 1.29 is 27.4 Å². The molecule has 1 unspecified atom stereocenters. The largest absolute Gasteiger partial charge is 0.466 e. The highest BCUT2D eigenvalue weighted by atomic mass is 32.2. The van der Waals surface area contributed by atoms with Crippen LogP contribution in [-0.2, 0) is 33.3 Å². The number of hydrogen-bond donors (Lipinski definition) is 1. The van der Waals surface area contributed by atoms with Gasteiger partial charge in [0.2, 0.25) is 5.88 Å². The molecule has 0 bridgehead atoms. The zero-order chi connectivity index (χ0) is 27.4. The smallest absolute Gasteiger partial charge is 0.416 e. The number of ether oxygens (including phenoxy) is 2. The number of benzene rings is 1. The average Bonchev–Trinajstić information content (AvgIpc) is 3.14. The van der Waals surface area contributed by atoms with Crippen LogP contribution in [0, 0.1) is 22.7 Å². The number of hydrogen-bond acceptors (Lipinski definition) is 8. The van der Waals surface area contributed by atoms with Gasteiger partial charge >= 0.3 is 12.1 Å². The molecule has 11 heteroatoms. The zero-order valence-corrected chi connectivity index (χ0v) is 21.2. The molecule has 7 nitrogen and oxygen atoms in total. The molecule has 196 valence electrons. The van der Waals surface area contributed by atoms with E-state index in [2.05, 4.69) is 6.07 Å². The van der Waals surface area contributed by atoms with Crippen molar-refractivity contribution in [3.8, 4) is 12.1 Å². The minimum atomic E-state index is -4.76. The highest BCUT2D eigenvalue weighted by molar-refractivity contribution is 7.99. The summed E-state index contributed by atoms with van der Waals surface area (Å²) < 4.78 is 52.3.